The second-order valence-electron chi connectivity index (χ2n) is 13.3. The number of likely N-dealkylation sites (tertiary alicyclic amines) is 1. The van der Waals surface area contributed by atoms with E-state index < -0.39 is 6.61 Å². The van der Waals surface area contributed by atoms with Crippen molar-refractivity contribution in [2.75, 3.05) is 52.4 Å². The Hall–Kier alpha value is -0.950. The molecular formula is C29H50F2N6O3. The van der Waals surface area contributed by atoms with Crippen molar-refractivity contribution in [2.45, 2.75) is 107 Å². The zero-order valence-electron chi connectivity index (χ0n) is 24.1. The van der Waals surface area contributed by atoms with Crippen molar-refractivity contribution in [3.8, 4) is 0 Å². The molecule has 6 unspecified atom stereocenters. The molecule has 1 spiro atoms. The normalized spacial score (nSPS) is 40.9. The van der Waals surface area contributed by atoms with E-state index in [1.165, 1.54) is 0 Å². The molecule has 0 bridgehead atoms. The van der Waals surface area contributed by atoms with Gasteiger partial charge in [0.2, 0.25) is 5.91 Å². The average molecular weight is 569 g/mol. The van der Waals surface area contributed by atoms with E-state index >= 15 is 0 Å². The fourth-order valence-electron chi connectivity index (χ4n) is 8.67. The van der Waals surface area contributed by atoms with Gasteiger partial charge in [-0.3, -0.25) is 25.6 Å². The number of amides is 1. The van der Waals surface area contributed by atoms with E-state index in [-0.39, 0.29) is 30.0 Å². The summed E-state index contributed by atoms with van der Waals surface area (Å²) in [6.45, 7) is 6.70. The maximum Gasteiger partial charge on any atom is 0.345 e. The SMILES string of the molecule is CC1CC(NC2NCCN3C(C4CCC(OC(F)F)CC4)CNC23)CCC1C(=O)N1CCC2(CC1)CNCCO2. The molecule has 1 amide bonds. The second kappa shape index (κ2) is 12.7. The Bertz CT molecular complexity index is 846. The molecule has 6 aliphatic rings. The van der Waals surface area contributed by atoms with Crippen molar-refractivity contribution in [1.29, 1.82) is 0 Å². The van der Waals surface area contributed by atoms with Gasteiger partial charge in [0.25, 0.3) is 0 Å². The number of piperazine rings is 1. The molecule has 4 heterocycles. The molecule has 2 saturated carbocycles. The summed E-state index contributed by atoms with van der Waals surface area (Å²) < 4.78 is 36.2. The molecule has 2 aliphatic carbocycles. The van der Waals surface area contributed by atoms with E-state index in [9.17, 15) is 13.6 Å². The number of carbonyl (C=O) groups excluding carboxylic acids is 1. The molecule has 4 saturated heterocycles. The lowest BCUT2D eigenvalue weighted by atomic mass is 9.76. The Kier molecular flexibility index (Phi) is 9.27. The first-order valence-electron chi connectivity index (χ1n) is 16.0. The number of nitrogens with zero attached hydrogens (tertiary/aromatic N) is 2. The summed E-state index contributed by atoms with van der Waals surface area (Å²) in [5.74, 6) is 1.35. The fourth-order valence-corrected chi connectivity index (χ4v) is 8.67. The van der Waals surface area contributed by atoms with Gasteiger partial charge >= 0.3 is 6.61 Å². The van der Waals surface area contributed by atoms with Gasteiger partial charge in [0.05, 0.1) is 30.6 Å². The third-order valence-corrected chi connectivity index (χ3v) is 11.0. The summed E-state index contributed by atoms with van der Waals surface area (Å²) in [4.78, 5) is 18.2. The fraction of sp³-hybridized carbons (Fsp3) is 0.966. The maximum absolute atomic E-state index is 13.5. The van der Waals surface area contributed by atoms with Crippen LogP contribution in [-0.2, 0) is 14.3 Å². The van der Waals surface area contributed by atoms with E-state index in [4.69, 9.17) is 9.47 Å². The highest BCUT2D eigenvalue weighted by Crippen LogP contribution is 2.36. The lowest BCUT2D eigenvalue weighted by molar-refractivity contribution is -0.172. The van der Waals surface area contributed by atoms with Gasteiger partial charge in [0.1, 0.15) is 0 Å². The maximum atomic E-state index is 13.5. The smallest absolute Gasteiger partial charge is 0.345 e. The van der Waals surface area contributed by atoms with Gasteiger partial charge < -0.3 is 19.7 Å². The average Bonchev–Trinajstić information content (AvgIpc) is 3.39. The molecule has 9 nitrogen and oxygen atoms in total. The summed E-state index contributed by atoms with van der Waals surface area (Å²) in [7, 11) is 0. The van der Waals surface area contributed by atoms with Gasteiger partial charge in [-0.05, 0) is 69.6 Å². The number of morpholine rings is 1. The second-order valence-corrected chi connectivity index (χ2v) is 13.3. The van der Waals surface area contributed by atoms with E-state index in [1.807, 2.05) is 0 Å². The molecule has 4 N–H and O–H groups in total. The molecule has 6 rings (SSSR count). The summed E-state index contributed by atoms with van der Waals surface area (Å²) in [6.07, 6.45) is 8.33. The van der Waals surface area contributed by atoms with Crippen LogP contribution in [-0.4, -0.2) is 111 Å². The molecule has 11 heteroatoms. The van der Waals surface area contributed by atoms with Crippen LogP contribution < -0.4 is 21.3 Å². The predicted octanol–water partition coefficient (Wildman–Crippen LogP) is 1.69. The molecule has 0 aromatic rings. The molecule has 6 fully saturated rings. The Balaban J connectivity index is 0.967. The van der Waals surface area contributed by atoms with Crippen LogP contribution in [0.15, 0.2) is 0 Å². The third-order valence-electron chi connectivity index (χ3n) is 11.0. The van der Waals surface area contributed by atoms with Gasteiger partial charge in [0.15, 0.2) is 0 Å². The van der Waals surface area contributed by atoms with Crippen LogP contribution in [0.4, 0.5) is 8.78 Å². The number of hydrogen-bond donors (Lipinski definition) is 4. The van der Waals surface area contributed by atoms with Crippen molar-refractivity contribution < 1.29 is 23.0 Å². The molecular weight excluding hydrogens is 518 g/mol. The summed E-state index contributed by atoms with van der Waals surface area (Å²) in [5, 5.41) is 14.9. The number of rotatable bonds is 6. The van der Waals surface area contributed by atoms with Crippen molar-refractivity contribution in [2.24, 2.45) is 17.8 Å². The molecule has 6 atom stereocenters. The molecule has 0 aromatic carbocycles. The summed E-state index contributed by atoms with van der Waals surface area (Å²) >= 11 is 0. The monoisotopic (exact) mass is 568 g/mol. The van der Waals surface area contributed by atoms with Crippen LogP contribution in [0.2, 0.25) is 0 Å². The van der Waals surface area contributed by atoms with E-state index in [0.717, 1.165) is 110 Å². The van der Waals surface area contributed by atoms with Crippen molar-refractivity contribution >= 4 is 5.91 Å². The lowest BCUT2D eigenvalue weighted by Gasteiger charge is -2.46. The molecule has 0 aromatic heterocycles. The summed E-state index contributed by atoms with van der Waals surface area (Å²) in [6, 6.07) is 0.847. The van der Waals surface area contributed by atoms with Crippen LogP contribution in [0.5, 0.6) is 0 Å². The van der Waals surface area contributed by atoms with Crippen LogP contribution in [0, 0.1) is 17.8 Å². The zero-order chi connectivity index (χ0) is 27.7. The predicted molar refractivity (Wildman–Crippen MR) is 148 cm³/mol. The quantitative estimate of drug-likeness (QED) is 0.385. The van der Waals surface area contributed by atoms with Gasteiger partial charge in [-0.15, -0.1) is 0 Å². The van der Waals surface area contributed by atoms with Gasteiger partial charge in [-0.1, -0.05) is 6.92 Å². The lowest BCUT2D eigenvalue weighted by Crippen LogP contribution is -2.67. The molecule has 0 radical (unpaired) electrons. The van der Waals surface area contributed by atoms with Crippen LogP contribution >= 0.6 is 0 Å². The molecule has 228 valence electrons. The van der Waals surface area contributed by atoms with E-state index in [2.05, 4.69) is 38.0 Å². The standard InChI is InChI=1S/C29H50F2N6O3/c1-19-16-21(4-7-23(19)27(38)36-12-8-29(9-13-36)18-32-11-15-39-29)35-25-26-34-17-24(37(26)14-10-33-25)20-2-5-22(6-3-20)40-28(30)31/h19-26,28,32-35H,2-18H2,1H3. The van der Waals surface area contributed by atoms with Crippen molar-refractivity contribution in [3.63, 3.8) is 0 Å². The van der Waals surface area contributed by atoms with E-state index in [1.54, 1.807) is 0 Å². The van der Waals surface area contributed by atoms with Crippen molar-refractivity contribution in [1.82, 2.24) is 31.1 Å². The number of halogens is 2. The first kappa shape index (κ1) is 29.1. The van der Waals surface area contributed by atoms with Crippen LogP contribution in [0.1, 0.15) is 64.7 Å². The number of carbonyl (C=O) groups is 1. The van der Waals surface area contributed by atoms with Gasteiger partial charge in [0, 0.05) is 63.8 Å². The van der Waals surface area contributed by atoms with Crippen molar-refractivity contribution in [3.05, 3.63) is 0 Å². The largest absolute Gasteiger partial charge is 0.372 e. The Labute approximate surface area is 237 Å². The van der Waals surface area contributed by atoms with Crippen LogP contribution in [0.25, 0.3) is 0 Å². The van der Waals surface area contributed by atoms with Crippen LogP contribution in [0.3, 0.4) is 0 Å². The highest BCUT2D eigenvalue weighted by molar-refractivity contribution is 5.79. The first-order valence-corrected chi connectivity index (χ1v) is 16.0. The minimum absolute atomic E-state index is 0.0709. The topological polar surface area (TPSA) is 90.1 Å². The Morgan fingerprint density at radius 3 is 2.55 bits per heavy atom. The number of hydrogen-bond acceptors (Lipinski definition) is 8. The zero-order valence-corrected chi connectivity index (χ0v) is 24.1. The van der Waals surface area contributed by atoms with Gasteiger partial charge in [-0.25, -0.2) is 0 Å². The van der Waals surface area contributed by atoms with Gasteiger partial charge in [-0.2, -0.15) is 8.78 Å². The first-order chi connectivity index (χ1) is 19.4. The van der Waals surface area contributed by atoms with E-state index in [0.29, 0.717) is 29.8 Å². The minimum Gasteiger partial charge on any atom is -0.372 e. The Morgan fingerprint density at radius 2 is 1.85 bits per heavy atom. The summed E-state index contributed by atoms with van der Waals surface area (Å²) in [5.41, 5.74) is -0.0709. The highest BCUT2D eigenvalue weighted by atomic mass is 19.3. The highest BCUT2D eigenvalue weighted by Gasteiger charge is 2.46. The number of piperidine rings is 1. The number of alkyl halides is 2. The third kappa shape index (κ3) is 6.35. The minimum atomic E-state index is -2.67. The molecule has 4 aliphatic heterocycles. The number of nitrogens with one attached hydrogen (secondary N) is 4. The number of fused-ring (bicyclic) bond motifs is 1. The molecule has 40 heavy (non-hydrogen) atoms. The Morgan fingerprint density at radius 1 is 1.05 bits per heavy atom. The number of ether oxygens (including phenoxy) is 2.